The largest absolute Gasteiger partial charge is 0.349 e. The van der Waals surface area contributed by atoms with E-state index in [0.29, 0.717) is 18.7 Å². The summed E-state index contributed by atoms with van der Waals surface area (Å²) in [5.41, 5.74) is 1.43. The van der Waals surface area contributed by atoms with E-state index in [1.165, 1.54) is 18.2 Å². The van der Waals surface area contributed by atoms with Gasteiger partial charge in [-0.3, -0.25) is 9.59 Å². The van der Waals surface area contributed by atoms with Gasteiger partial charge in [-0.05, 0) is 48.7 Å². The van der Waals surface area contributed by atoms with Gasteiger partial charge >= 0.3 is 0 Å². The first-order chi connectivity index (χ1) is 12.6. The van der Waals surface area contributed by atoms with Gasteiger partial charge in [-0.15, -0.1) is 0 Å². The summed E-state index contributed by atoms with van der Waals surface area (Å²) in [6.07, 6.45) is 4.66. The SMILES string of the molecule is O=C(NC1CCN(C(=O)C=Cc2ccc(F)cc2)CC1)c1ccccc1. The molecule has 1 aliphatic rings. The van der Waals surface area contributed by atoms with E-state index in [0.717, 1.165) is 18.4 Å². The second-order valence-electron chi connectivity index (χ2n) is 6.32. The predicted octanol–water partition coefficient (Wildman–Crippen LogP) is 3.26. The molecule has 3 rings (SSSR count). The molecule has 0 aliphatic carbocycles. The third-order valence-electron chi connectivity index (χ3n) is 4.47. The Hall–Kier alpha value is -2.95. The Morgan fingerprint density at radius 1 is 1.00 bits per heavy atom. The molecule has 2 aromatic rings. The van der Waals surface area contributed by atoms with Crippen LogP contribution in [0.15, 0.2) is 60.7 Å². The summed E-state index contributed by atoms with van der Waals surface area (Å²) in [5, 5.41) is 3.03. The van der Waals surface area contributed by atoms with Crippen molar-refractivity contribution in [3.8, 4) is 0 Å². The van der Waals surface area contributed by atoms with Crippen LogP contribution < -0.4 is 5.32 Å². The molecule has 1 aliphatic heterocycles. The highest BCUT2D eigenvalue weighted by atomic mass is 19.1. The maximum absolute atomic E-state index is 12.9. The van der Waals surface area contributed by atoms with Crippen LogP contribution in [0.5, 0.6) is 0 Å². The van der Waals surface area contributed by atoms with Crippen LogP contribution in [0.2, 0.25) is 0 Å². The molecule has 1 N–H and O–H groups in total. The number of hydrogen-bond donors (Lipinski definition) is 1. The molecule has 0 bridgehead atoms. The average molecular weight is 352 g/mol. The Morgan fingerprint density at radius 3 is 2.31 bits per heavy atom. The van der Waals surface area contributed by atoms with Crippen LogP contribution in [-0.2, 0) is 4.79 Å². The molecular formula is C21H21FN2O2. The number of benzene rings is 2. The van der Waals surface area contributed by atoms with Gasteiger partial charge in [0.1, 0.15) is 5.82 Å². The van der Waals surface area contributed by atoms with E-state index in [-0.39, 0.29) is 23.7 Å². The number of piperidine rings is 1. The first-order valence-corrected chi connectivity index (χ1v) is 8.70. The van der Waals surface area contributed by atoms with Gasteiger partial charge in [0.2, 0.25) is 5.91 Å². The lowest BCUT2D eigenvalue weighted by Gasteiger charge is -2.31. The van der Waals surface area contributed by atoms with E-state index in [9.17, 15) is 14.0 Å². The van der Waals surface area contributed by atoms with E-state index >= 15 is 0 Å². The summed E-state index contributed by atoms with van der Waals surface area (Å²) >= 11 is 0. The molecule has 0 aromatic heterocycles. The molecule has 2 amide bonds. The van der Waals surface area contributed by atoms with Crippen molar-refractivity contribution >= 4 is 17.9 Å². The van der Waals surface area contributed by atoms with Crippen LogP contribution in [0, 0.1) is 5.82 Å². The minimum absolute atomic E-state index is 0.0674. The molecule has 1 fully saturated rings. The Kier molecular flexibility index (Phi) is 5.79. The van der Waals surface area contributed by atoms with Crippen LogP contribution in [0.3, 0.4) is 0 Å². The normalized spacial score (nSPS) is 15.2. The molecule has 0 unspecified atom stereocenters. The zero-order chi connectivity index (χ0) is 18.4. The van der Waals surface area contributed by atoms with Gasteiger partial charge in [0.25, 0.3) is 5.91 Å². The van der Waals surface area contributed by atoms with Crippen LogP contribution in [0.25, 0.3) is 6.08 Å². The molecular weight excluding hydrogens is 331 g/mol. The van der Waals surface area contributed by atoms with E-state index < -0.39 is 0 Å². The Morgan fingerprint density at radius 2 is 1.65 bits per heavy atom. The van der Waals surface area contributed by atoms with Crippen molar-refractivity contribution in [2.24, 2.45) is 0 Å². The molecule has 0 saturated carbocycles. The summed E-state index contributed by atoms with van der Waals surface area (Å²) < 4.78 is 12.9. The van der Waals surface area contributed by atoms with Gasteiger partial charge in [0, 0.05) is 30.8 Å². The Balaban J connectivity index is 1.48. The molecule has 2 aromatic carbocycles. The Bertz CT molecular complexity index is 779. The van der Waals surface area contributed by atoms with Crippen molar-refractivity contribution in [3.05, 3.63) is 77.6 Å². The fraction of sp³-hybridized carbons (Fsp3) is 0.238. The second kappa shape index (κ2) is 8.43. The van der Waals surface area contributed by atoms with Crippen molar-refractivity contribution < 1.29 is 14.0 Å². The highest BCUT2D eigenvalue weighted by molar-refractivity contribution is 5.94. The number of likely N-dealkylation sites (tertiary alicyclic amines) is 1. The molecule has 4 nitrogen and oxygen atoms in total. The lowest BCUT2D eigenvalue weighted by Crippen LogP contribution is -2.46. The number of carbonyl (C=O) groups excluding carboxylic acids is 2. The van der Waals surface area contributed by atoms with Crippen molar-refractivity contribution in [2.45, 2.75) is 18.9 Å². The minimum Gasteiger partial charge on any atom is -0.349 e. The highest BCUT2D eigenvalue weighted by Gasteiger charge is 2.23. The number of nitrogens with zero attached hydrogens (tertiary/aromatic N) is 1. The fourth-order valence-corrected chi connectivity index (χ4v) is 2.95. The third kappa shape index (κ3) is 4.79. The van der Waals surface area contributed by atoms with Crippen LogP contribution in [0.4, 0.5) is 4.39 Å². The monoisotopic (exact) mass is 352 g/mol. The number of hydrogen-bond acceptors (Lipinski definition) is 2. The second-order valence-corrected chi connectivity index (χ2v) is 6.32. The predicted molar refractivity (Wildman–Crippen MR) is 98.9 cm³/mol. The molecule has 1 heterocycles. The summed E-state index contributed by atoms with van der Waals surface area (Å²) in [5.74, 6) is -0.443. The molecule has 5 heteroatoms. The van der Waals surface area contributed by atoms with Gasteiger partial charge in [-0.2, -0.15) is 0 Å². The van der Waals surface area contributed by atoms with E-state index in [1.54, 1.807) is 35.2 Å². The fourth-order valence-electron chi connectivity index (χ4n) is 2.95. The summed E-state index contributed by atoms with van der Waals surface area (Å²) in [6, 6.07) is 15.2. The van der Waals surface area contributed by atoms with Crippen LogP contribution >= 0.6 is 0 Å². The topological polar surface area (TPSA) is 49.4 Å². The number of amides is 2. The maximum Gasteiger partial charge on any atom is 0.251 e. The van der Waals surface area contributed by atoms with Gasteiger partial charge in [-0.25, -0.2) is 4.39 Å². The quantitative estimate of drug-likeness (QED) is 0.859. The first kappa shape index (κ1) is 17.9. The third-order valence-corrected chi connectivity index (χ3v) is 4.47. The van der Waals surface area contributed by atoms with Crippen molar-refractivity contribution in [3.63, 3.8) is 0 Å². The van der Waals surface area contributed by atoms with Gasteiger partial charge < -0.3 is 10.2 Å². The van der Waals surface area contributed by atoms with Gasteiger partial charge in [0.05, 0.1) is 0 Å². The number of carbonyl (C=O) groups is 2. The van der Waals surface area contributed by atoms with Crippen LogP contribution in [-0.4, -0.2) is 35.8 Å². The lowest BCUT2D eigenvalue weighted by molar-refractivity contribution is -0.126. The summed E-state index contributed by atoms with van der Waals surface area (Å²) in [4.78, 5) is 26.2. The number of rotatable bonds is 4. The zero-order valence-electron chi connectivity index (χ0n) is 14.4. The molecule has 0 atom stereocenters. The lowest BCUT2D eigenvalue weighted by atomic mass is 10.0. The van der Waals surface area contributed by atoms with E-state index in [4.69, 9.17) is 0 Å². The molecule has 0 spiro atoms. The smallest absolute Gasteiger partial charge is 0.251 e. The zero-order valence-corrected chi connectivity index (χ0v) is 14.4. The first-order valence-electron chi connectivity index (χ1n) is 8.70. The average Bonchev–Trinajstić information content (AvgIpc) is 2.68. The van der Waals surface area contributed by atoms with Gasteiger partial charge in [-0.1, -0.05) is 30.3 Å². The highest BCUT2D eigenvalue weighted by Crippen LogP contribution is 2.13. The molecule has 0 radical (unpaired) electrons. The molecule has 26 heavy (non-hydrogen) atoms. The minimum atomic E-state index is -0.298. The summed E-state index contributed by atoms with van der Waals surface area (Å²) in [7, 11) is 0. The standard InChI is InChI=1S/C21H21FN2O2/c22-18-9-6-16(7-10-18)8-11-20(25)24-14-12-19(13-15-24)23-21(26)17-4-2-1-3-5-17/h1-11,19H,12-15H2,(H,23,26). The van der Waals surface area contributed by atoms with Gasteiger partial charge in [0.15, 0.2) is 0 Å². The molecule has 1 saturated heterocycles. The maximum atomic E-state index is 12.9. The van der Waals surface area contributed by atoms with E-state index in [2.05, 4.69) is 5.32 Å². The molecule has 134 valence electrons. The van der Waals surface area contributed by atoms with Crippen LogP contribution in [0.1, 0.15) is 28.8 Å². The summed E-state index contributed by atoms with van der Waals surface area (Å²) in [6.45, 7) is 1.21. The van der Waals surface area contributed by atoms with Crippen molar-refractivity contribution in [2.75, 3.05) is 13.1 Å². The van der Waals surface area contributed by atoms with Crippen molar-refractivity contribution in [1.29, 1.82) is 0 Å². The number of halogens is 1. The van der Waals surface area contributed by atoms with E-state index in [1.807, 2.05) is 18.2 Å². The Labute approximate surface area is 152 Å². The number of nitrogens with one attached hydrogen (secondary N) is 1. The van der Waals surface area contributed by atoms with Crippen molar-refractivity contribution in [1.82, 2.24) is 10.2 Å².